The van der Waals surface area contributed by atoms with Crippen LogP contribution in [0.3, 0.4) is 0 Å². The third-order valence-corrected chi connectivity index (χ3v) is 4.37. The minimum Gasteiger partial charge on any atom is -0.488 e. The first-order valence-electron chi connectivity index (χ1n) is 9.50. The molecule has 0 aliphatic rings. The van der Waals surface area contributed by atoms with Gasteiger partial charge in [0.05, 0.1) is 6.21 Å². The van der Waals surface area contributed by atoms with Gasteiger partial charge in [-0.3, -0.25) is 9.59 Å². The van der Waals surface area contributed by atoms with Crippen molar-refractivity contribution >= 4 is 23.7 Å². The zero-order valence-electron chi connectivity index (χ0n) is 16.9. The smallest absolute Gasteiger partial charge is 0.329 e. The van der Waals surface area contributed by atoms with Crippen molar-refractivity contribution < 1.29 is 14.3 Å². The van der Waals surface area contributed by atoms with E-state index in [9.17, 15) is 9.59 Å². The van der Waals surface area contributed by atoms with E-state index in [0.29, 0.717) is 23.6 Å². The molecule has 3 aromatic carbocycles. The molecule has 0 bridgehead atoms. The lowest BCUT2D eigenvalue weighted by Crippen LogP contribution is -2.32. The summed E-state index contributed by atoms with van der Waals surface area (Å²) in [5.74, 6) is -1.01. The van der Waals surface area contributed by atoms with Crippen LogP contribution in [0.25, 0.3) is 0 Å². The number of nitrogens with one attached hydrogen (secondary N) is 2. The van der Waals surface area contributed by atoms with Crippen LogP contribution in [0.1, 0.15) is 22.3 Å². The van der Waals surface area contributed by atoms with Gasteiger partial charge in [-0.2, -0.15) is 5.10 Å². The number of aryl methyl sites for hydroxylation is 2. The molecule has 2 amide bonds. The number of hydrazone groups is 1. The fourth-order valence-electron chi connectivity index (χ4n) is 2.71. The van der Waals surface area contributed by atoms with Crippen LogP contribution < -0.4 is 15.5 Å². The number of hydrogen-bond donors (Lipinski definition) is 2. The zero-order valence-corrected chi connectivity index (χ0v) is 16.9. The van der Waals surface area contributed by atoms with Gasteiger partial charge in [-0.1, -0.05) is 54.6 Å². The van der Waals surface area contributed by atoms with Crippen molar-refractivity contribution in [1.82, 2.24) is 5.43 Å². The van der Waals surface area contributed by atoms with Crippen LogP contribution in [0.4, 0.5) is 5.69 Å². The molecule has 3 aromatic rings. The van der Waals surface area contributed by atoms with Crippen molar-refractivity contribution in [2.24, 2.45) is 5.10 Å². The van der Waals surface area contributed by atoms with E-state index in [1.54, 1.807) is 0 Å². The van der Waals surface area contributed by atoms with E-state index >= 15 is 0 Å². The van der Waals surface area contributed by atoms with Crippen LogP contribution in [0.5, 0.6) is 5.75 Å². The average molecular weight is 401 g/mol. The highest BCUT2D eigenvalue weighted by molar-refractivity contribution is 6.39. The number of anilines is 1. The Balaban J connectivity index is 1.58. The predicted octanol–water partition coefficient (Wildman–Crippen LogP) is 3.97. The molecule has 2 N–H and O–H groups in total. The topological polar surface area (TPSA) is 79.8 Å². The molecule has 3 rings (SSSR count). The van der Waals surface area contributed by atoms with Crippen LogP contribution in [0.15, 0.2) is 77.9 Å². The van der Waals surface area contributed by atoms with Crippen LogP contribution in [0, 0.1) is 13.8 Å². The van der Waals surface area contributed by atoms with E-state index in [0.717, 1.165) is 16.7 Å². The second-order valence-corrected chi connectivity index (χ2v) is 6.78. The highest BCUT2D eigenvalue weighted by Gasteiger charge is 2.14. The molecule has 0 atom stereocenters. The van der Waals surface area contributed by atoms with Crippen LogP contribution in [-0.2, 0) is 16.2 Å². The minimum absolute atomic E-state index is 0.413. The maximum atomic E-state index is 12.1. The van der Waals surface area contributed by atoms with Crippen molar-refractivity contribution in [2.75, 3.05) is 5.32 Å². The van der Waals surface area contributed by atoms with E-state index < -0.39 is 11.8 Å². The Morgan fingerprint density at radius 1 is 0.933 bits per heavy atom. The molecule has 152 valence electrons. The van der Waals surface area contributed by atoms with Gasteiger partial charge in [0.2, 0.25) is 0 Å². The molecule has 0 aromatic heterocycles. The first kappa shape index (κ1) is 20.8. The lowest BCUT2D eigenvalue weighted by atomic mass is 10.1. The van der Waals surface area contributed by atoms with Crippen molar-refractivity contribution in [3.8, 4) is 5.75 Å². The number of rotatable bonds is 6. The second kappa shape index (κ2) is 10.0. The van der Waals surface area contributed by atoms with Gasteiger partial charge in [-0.15, -0.1) is 0 Å². The Bertz CT molecular complexity index is 1060. The number of carbonyl (C=O) groups excluding carboxylic acids is 2. The molecule has 0 fully saturated rings. The molecule has 0 aliphatic heterocycles. The number of carbonyl (C=O) groups is 2. The fourth-order valence-corrected chi connectivity index (χ4v) is 2.71. The quantitative estimate of drug-likeness (QED) is 0.373. The van der Waals surface area contributed by atoms with Crippen molar-refractivity contribution in [2.45, 2.75) is 20.5 Å². The maximum Gasteiger partial charge on any atom is 0.329 e. The minimum atomic E-state index is -0.852. The number of para-hydroxylation sites is 1. The number of ether oxygens (including phenoxy) is 1. The van der Waals surface area contributed by atoms with Gasteiger partial charge in [-0.25, -0.2) is 5.43 Å². The average Bonchev–Trinajstić information content (AvgIpc) is 2.76. The molecule has 0 heterocycles. The van der Waals surface area contributed by atoms with Gasteiger partial charge < -0.3 is 10.1 Å². The molecular formula is C24H23N3O3. The Labute approximate surface area is 175 Å². The molecule has 0 aliphatic carbocycles. The molecule has 0 saturated carbocycles. The van der Waals surface area contributed by atoms with E-state index in [-0.39, 0.29) is 0 Å². The Morgan fingerprint density at radius 2 is 1.67 bits per heavy atom. The van der Waals surface area contributed by atoms with Gasteiger partial charge in [-0.05, 0) is 48.7 Å². The summed E-state index contributed by atoms with van der Waals surface area (Å²) in [6, 6.07) is 22.8. The third kappa shape index (κ3) is 5.78. The van der Waals surface area contributed by atoms with Gasteiger partial charge in [0.25, 0.3) is 0 Å². The molecule has 6 heteroatoms. The lowest BCUT2D eigenvalue weighted by molar-refractivity contribution is -0.136. The number of amides is 2. The van der Waals surface area contributed by atoms with Crippen LogP contribution in [-0.4, -0.2) is 18.0 Å². The second-order valence-electron chi connectivity index (χ2n) is 6.78. The van der Waals surface area contributed by atoms with Gasteiger partial charge in [0.1, 0.15) is 12.4 Å². The summed E-state index contributed by atoms with van der Waals surface area (Å²) in [6.07, 6.45) is 1.45. The maximum absolute atomic E-state index is 12.1. The zero-order chi connectivity index (χ0) is 21.3. The van der Waals surface area contributed by atoms with Gasteiger partial charge in [0.15, 0.2) is 0 Å². The van der Waals surface area contributed by atoms with E-state index in [1.807, 2.05) is 86.6 Å². The number of nitrogens with zero attached hydrogens (tertiary/aromatic N) is 1. The molecule has 30 heavy (non-hydrogen) atoms. The van der Waals surface area contributed by atoms with Crippen molar-refractivity contribution in [3.63, 3.8) is 0 Å². The lowest BCUT2D eigenvalue weighted by Gasteiger charge is -2.09. The molecule has 0 unspecified atom stereocenters. The number of benzene rings is 3. The van der Waals surface area contributed by atoms with E-state index in [2.05, 4.69) is 15.8 Å². The molecule has 6 nitrogen and oxygen atoms in total. The summed E-state index contributed by atoms with van der Waals surface area (Å²) < 4.78 is 5.85. The van der Waals surface area contributed by atoms with E-state index in [4.69, 9.17) is 4.74 Å². The number of hydrogen-bond acceptors (Lipinski definition) is 4. The monoisotopic (exact) mass is 401 g/mol. The molecule has 0 saturated heterocycles. The van der Waals surface area contributed by atoms with Crippen LogP contribution >= 0.6 is 0 Å². The summed E-state index contributed by atoms with van der Waals surface area (Å²) in [4.78, 5) is 24.2. The Morgan fingerprint density at radius 3 is 2.47 bits per heavy atom. The Kier molecular flexibility index (Phi) is 6.95. The largest absolute Gasteiger partial charge is 0.488 e. The normalized spacial score (nSPS) is 10.6. The highest BCUT2D eigenvalue weighted by Crippen LogP contribution is 2.18. The van der Waals surface area contributed by atoms with Gasteiger partial charge >= 0.3 is 11.8 Å². The first-order chi connectivity index (χ1) is 14.5. The SMILES string of the molecule is Cc1ccc(C)c(NC(=O)C(=O)N/N=C\c2ccccc2OCc2ccccc2)c1. The van der Waals surface area contributed by atoms with Crippen molar-refractivity contribution in [3.05, 3.63) is 95.1 Å². The summed E-state index contributed by atoms with van der Waals surface area (Å²) in [5, 5.41) is 6.49. The van der Waals surface area contributed by atoms with Gasteiger partial charge in [0, 0.05) is 11.3 Å². The molecular weight excluding hydrogens is 378 g/mol. The summed E-state index contributed by atoms with van der Waals surface area (Å²) in [5.41, 5.74) is 6.43. The third-order valence-electron chi connectivity index (χ3n) is 4.37. The standard InChI is InChI=1S/C24H23N3O3/c1-17-12-13-18(2)21(14-17)26-23(28)24(29)27-25-15-20-10-6-7-11-22(20)30-16-19-8-4-3-5-9-19/h3-15H,16H2,1-2H3,(H,26,28)(H,27,29)/b25-15-. The molecule has 0 spiro atoms. The summed E-state index contributed by atoms with van der Waals surface area (Å²) in [7, 11) is 0. The summed E-state index contributed by atoms with van der Waals surface area (Å²) >= 11 is 0. The van der Waals surface area contributed by atoms with E-state index in [1.165, 1.54) is 6.21 Å². The predicted molar refractivity (Wildman–Crippen MR) is 117 cm³/mol. The highest BCUT2D eigenvalue weighted by atomic mass is 16.5. The summed E-state index contributed by atoms with van der Waals surface area (Å²) in [6.45, 7) is 4.19. The Hall–Kier alpha value is -3.93. The van der Waals surface area contributed by atoms with Crippen molar-refractivity contribution in [1.29, 1.82) is 0 Å². The fraction of sp³-hybridized carbons (Fsp3) is 0.125. The van der Waals surface area contributed by atoms with Crippen LogP contribution in [0.2, 0.25) is 0 Å². The molecule has 0 radical (unpaired) electrons. The first-order valence-corrected chi connectivity index (χ1v) is 9.50.